The van der Waals surface area contributed by atoms with Crippen LogP contribution in [0.15, 0.2) is 40.0 Å². The number of aryl methyl sites for hydroxylation is 2. The summed E-state index contributed by atoms with van der Waals surface area (Å²) in [7, 11) is -0.433. The van der Waals surface area contributed by atoms with E-state index in [-0.39, 0.29) is 16.3 Å². The zero-order valence-corrected chi connectivity index (χ0v) is 13.2. The quantitative estimate of drug-likeness (QED) is 0.827. The Morgan fingerprint density at radius 3 is 2.36 bits per heavy atom. The van der Waals surface area contributed by atoms with Gasteiger partial charge in [-0.3, -0.25) is 4.79 Å². The molecule has 2 rings (SSSR count). The number of aromatic nitrogens is 2. The monoisotopic (exact) mass is 322 g/mol. The summed E-state index contributed by atoms with van der Waals surface area (Å²) in [6.07, 6.45) is 1.13. The van der Waals surface area contributed by atoms with Crippen molar-refractivity contribution >= 4 is 15.8 Å². The Balaban J connectivity index is 2.10. The number of nitrogens with one attached hydrogen (secondary N) is 1. The first-order valence-electron chi connectivity index (χ1n) is 6.66. The summed E-state index contributed by atoms with van der Waals surface area (Å²) in [6.45, 7) is 0. The number of hydrogen-bond acceptors (Lipinski definition) is 5. The molecule has 1 aromatic heterocycles. The van der Waals surface area contributed by atoms with Crippen LogP contribution in [0.25, 0.3) is 0 Å². The standard InChI is InChI=1S/C14H18N4O3S/c1-18(2)22(20,21)11-6-3-10(4-7-11)5-8-13-16-12(15)9-14(19)17-13/h3-4,6-7,9H,5,8H2,1-2H3,(H3,15,16,17,19). The van der Waals surface area contributed by atoms with E-state index in [0.29, 0.717) is 18.7 Å². The number of hydrogen-bond donors (Lipinski definition) is 2. The third-order valence-corrected chi connectivity index (χ3v) is 4.99. The number of sulfonamides is 1. The van der Waals surface area contributed by atoms with Crippen LogP contribution in [0.4, 0.5) is 5.82 Å². The third kappa shape index (κ3) is 3.71. The fourth-order valence-corrected chi connectivity index (χ4v) is 2.85. The van der Waals surface area contributed by atoms with Crippen LogP contribution in [0.5, 0.6) is 0 Å². The molecule has 0 aliphatic carbocycles. The van der Waals surface area contributed by atoms with Gasteiger partial charge in [0, 0.05) is 26.6 Å². The minimum Gasteiger partial charge on any atom is -0.383 e. The molecular formula is C14H18N4O3S. The van der Waals surface area contributed by atoms with Crippen molar-refractivity contribution in [1.82, 2.24) is 14.3 Å². The highest BCUT2D eigenvalue weighted by molar-refractivity contribution is 7.89. The van der Waals surface area contributed by atoms with Crippen LogP contribution in [0.2, 0.25) is 0 Å². The number of aromatic amines is 1. The zero-order chi connectivity index (χ0) is 16.3. The first-order chi connectivity index (χ1) is 10.3. The summed E-state index contributed by atoms with van der Waals surface area (Å²) in [6, 6.07) is 7.87. The lowest BCUT2D eigenvalue weighted by Crippen LogP contribution is -2.22. The van der Waals surface area contributed by atoms with Crippen molar-refractivity contribution in [2.75, 3.05) is 19.8 Å². The molecule has 0 saturated carbocycles. The molecule has 8 heteroatoms. The third-order valence-electron chi connectivity index (χ3n) is 3.16. The summed E-state index contributed by atoms with van der Waals surface area (Å²) in [5, 5.41) is 0. The maximum Gasteiger partial charge on any atom is 0.252 e. The number of rotatable bonds is 5. The first kappa shape index (κ1) is 16.2. The molecule has 0 saturated heterocycles. The van der Waals surface area contributed by atoms with E-state index in [1.54, 1.807) is 24.3 Å². The number of benzene rings is 1. The van der Waals surface area contributed by atoms with E-state index >= 15 is 0 Å². The maximum atomic E-state index is 12.0. The lowest BCUT2D eigenvalue weighted by molar-refractivity contribution is 0.520. The van der Waals surface area contributed by atoms with Gasteiger partial charge in [0.1, 0.15) is 11.6 Å². The van der Waals surface area contributed by atoms with Gasteiger partial charge in [-0.15, -0.1) is 0 Å². The molecule has 0 aliphatic rings. The van der Waals surface area contributed by atoms with Crippen LogP contribution >= 0.6 is 0 Å². The summed E-state index contributed by atoms with van der Waals surface area (Å²) in [4.78, 5) is 18.2. The Morgan fingerprint density at radius 1 is 1.18 bits per heavy atom. The van der Waals surface area contributed by atoms with Crippen LogP contribution in [-0.4, -0.2) is 36.8 Å². The highest BCUT2D eigenvalue weighted by Gasteiger charge is 2.16. The largest absolute Gasteiger partial charge is 0.383 e. The van der Waals surface area contributed by atoms with Gasteiger partial charge in [-0.1, -0.05) is 12.1 Å². The van der Waals surface area contributed by atoms with Crippen molar-refractivity contribution in [2.24, 2.45) is 0 Å². The highest BCUT2D eigenvalue weighted by Crippen LogP contribution is 2.14. The second kappa shape index (κ2) is 6.29. The van der Waals surface area contributed by atoms with E-state index in [2.05, 4.69) is 9.97 Å². The second-order valence-electron chi connectivity index (χ2n) is 5.05. The van der Waals surface area contributed by atoms with E-state index in [4.69, 9.17) is 5.73 Å². The van der Waals surface area contributed by atoms with Crippen LogP contribution in [0, 0.1) is 0 Å². The van der Waals surface area contributed by atoms with Gasteiger partial charge in [0.2, 0.25) is 10.0 Å². The zero-order valence-electron chi connectivity index (χ0n) is 12.4. The molecule has 22 heavy (non-hydrogen) atoms. The summed E-state index contributed by atoms with van der Waals surface area (Å²) >= 11 is 0. The van der Waals surface area contributed by atoms with E-state index in [0.717, 1.165) is 5.56 Å². The molecule has 7 nitrogen and oxygen atoms in total. The van der Waals surface area contributed by atoms with Gasteiger partial charge in [-0.2, -0.15) is 0 Å². The first-order valence-corrected chi connectivity index (χ1v) is 8.10. The molecule has 1 heterocycles. The second-order valence-corrected chi connectivity index (χ2v) is 7.20. The fourth-order valence-electron chi connectivity index (χ4n) is 1.95. The van der Waals surface area contributed by atoms with Gasteiger partial charge in [-0.05, 0) is 24.1 Å². The molecule has 0 bridgehead atoms. The number of nitrogens with two attached hydrogens (primary N) is 1. The van der Waals surface area contributed by atoms with Crippen LogP contribution in [0.3, 0.4) is 0 Å². The predicted molar refractivity (Wildman–Crippen MR) is 84.0 cm³/mol. The molecule has 0 fully saturated rings. The van der Waals surface area contributed by atoms with Crippen LogP contribution in [0.1, 0.15) is 11.4 Å². The van der Waals surface area contributed by atoms with Crippen molar-refractivity contribution < 1.29 is 8.42 Å². The average Bonchev–Trinajstić information content (AvgIpc) is 2.44. The summed E-state index contributed by atoms with van der Waals surface area (Å²) in [5.74, 6) is 0.696. The molecule has 0 amide bonds. The lowest BCUT2D eigenvalue weighted by Gasteiger charge is -2.11. The summed E-state index contributed by atoms with van der Waals surface area (Å²) < 4.78 is 25.1. The van der Waals surface area contributed by atoms with Gasteiger partial charge in [-0.25, -0.2) is 17.7 Å². The molecule has 0 aliphatic heterocycles. The van der Waals surface area contributed by atoms with Crippen molar-refractivity contribution in [3.63, 3.8) is 0 Å². The SMILES string of the molecule is CN(C)S(=O)(=O)c1ccc(CCc2nc(N)cc(=O)[nH]2)cc1. The normalized spacial score (nSPS) is 11.8. The number of H-pyrrole nitrogens is 1. The van der Waals surface area contributed by atoms with Crippen molar-refractivity contribution in [1.29, 1.82) is 0 Å². The van der Waals surface area contributed by atoms with E-state index in [1.165, 1.54) is 24.5 Å². The molecule has 0 radical (unpaired) electrons. The molecule has 1 aromatic carbocycles. The van der Waals surface area contributed by atoms with Crippen molar-refractivity contribution in [3.05, 3.63) is 52.1 Å². The molecule has 118 valence electrons. The maximum absolute atomic E-state index is 12.0. The van der Waals surface area contributed by atoms with Gasteiger partial charge in [0.15, 0.2) is 0 Å². The minimum absolute atomic E-state index is 0.186. The topological polar surface area (TPSA) is 109 Å². The molecular weight excluding hydrogens is 304 g/mol. The molecule has 0 atom stereocenters. The number of nitrogen functional groups attached to an aromatic ring is 1. The molecule has 0 unspecified atom stereocenters. The average molecular weight is 322 g/mol. The smallest absolute Gasteiger partial charge is 0.252 e. The Bertz CT molecular complexity index is 811. The molecule has 0 spiro atoms. The number of anilines is 1. The fraction of sp³-hybridized carbons (Fsp3) is 0.286. The van der Waals surface area contributed by atoms with Gasteiger partial charge in [0.25, 0.3) is 5.56 Å². The van der Waals surface area contributed by atoms with E-state index in [9.17, 15) is 13.2 Å². The highest BCUT2D eigenvalue weighted by atomic mass is 32.2. The van der Waals surface area contributed by atoms with Gasteiger partial charge < -0.3 is 10.7 Å². The van der Waals surface area contributed by atoms with E-state index in [1.807, 2.05) is 0 Å². The summed E-state index contributed by atoms with van der Waals surface area (Å²) in [5.41, 5.74) is 6.19. The minimum atomic E-state index is -3.42. The Labute approximate surface area is 128 Å². The molecule has 3 N–H and O–H groups in total. The van der Waals surface area contributed by atoms with Gasteiger partial charge >= 0.3 is 0 Å². The van der Waals surface area contributed by atoms with Crippen LogP contribution in [-0.2, 0) is 22.9 Å². The van der Waals surface area contributed by atoms with Crippen molar-refractivity contribution in [3.8, 4) is 0 Å². The van der Waals surface area contributed by atoms with Crippen molar-refractivity contribution in [2.45, 2.75) is 17.7 Å². The molecule has 2 aromatic rings. The lowest BCUT2D eigenvalue weighted by atomic mass is 10.1. The Kier molecular flexibility index (Phi) is 4.62. The van der Waals surface area contributed by atoms with E-state index < -0.39 is 10.0 Å². The predicted octanol–water partition coefficient (Wildman–Crippen LogP) is 0.388. The Morgan fingerprint density at radius 2 is 1.82 bits per heavy atom. The Hall–Kier alpha value is -2.19. The van der Waals surface area contributed by atoms with Crippen LogP contribution < -0.4 is 11.3 Å². The number of nitrogens with zero attached hydrogens (tertiary/aromatic N) is 2. The van der Waals surface area contributed by atoms with Gasteiger partial charge in [0.05, 0.1) is 4.90 Å².